The Bertz CT molecular complexity index is 880. The van der Waals surface area contributed by atoms with Crippen LogP contribution in [0.25, 0.3) is 0 Å². The largest absolute Gasteiger partial charge is 0.497 e. The van der Waals surface area contributed by atoms with Crippen molar-refractivity contribution in [1.29, 1.82) is 0 Å². The van der Waals surface area contributed by atoms with Crippen LogP contribution in [0.15, 0.2) is 47.4 Å². The summed E-state index contributed by atoms with van der Waals surface area (Å²) in [4.78, 5) is 0.103. The molecule has 1 fully saturated rings. The van der Waals surface area contributed by atoms with Crippen molar-refractivity contribution >= 4 is 10.0 Å². The molecule has 7 heteroatoms. The Balaban J connectivity index is 1.88. The predicted molar refractivity (Wildman–Crippen MR) is 103 cm³/mol. The lowest BCUT2D eigenvalue weighted by Crippen LogP contribution is -2.42. The predicted octanol–water partition coefficient (Wildman–Crippen LogP) is 3.03. The average Bonchev–Trinajstić information content (AvgIpc) is 2.73. The van der Waals surface area contributed by atoms with E-state index in [0.717, 1.165) is 12.0 Å². The fourth-order valence-corrected chi connectivity index (χ4v) is 4.73. The first kappa shape index (κ1) is 19.7. The Kier molecular flexibility index (Phi) is 6.04. The third-order valence-electron chi connectivity index (χ3n) is 4.78. The number of hydrogen-bond donors (Lipinski definition) is 0. The number of morpholine rings is 1. The van der Waals surface area contributed by atoms with Gasteiger partial charge in [0.15, 0.2) is 0 Å². The fourth-order valence-electron chi connectivity index (χ4n) is 3.14. The van der Waals surface area contributed by atoms with Crippen molar-refractivity contribution in [2.75, 3.05) is 33.9 Å². The maximum atomic E-state index is 13.2. The maximum absolute atomic E-state index is 13.2. The summed E-state index contributed by atoms with van der Waals surface area (Å²) in [5.74, 6) is 0.764. The van der Waals surface area contributed by atoms with Gasteiger partial charge in [-0.15, -0.1) is 0 Å². The summed E-state index contributed by atoms with van der Waals surface area (Å²) in [5.41, 5.74) is 2.21. The Morgan fingerprint density at radius 3 is 2.48 bits per heavy atom. The molecule has 1 heterocycles. The van der Waals surface area contributed by atoms with E-state index in [0.29, 0.717) is 24.7 Å². The zero-order valence-corrected chi connectivity index (χ0v) is 16.7. The van der Waals surface area contributed by atoms with E-state index < -0.39 is 10.0 Å². The standard InChI is InChI=1S/C20H25NO5S/c1-4-15-5-7-16(8-6-15)19-14-21(11-12-26-19)27(22,23)20-13-17(24-2)9-10-18(20)25-3/h5-10,13,19H,4,11-12,14H2,1-3H3. The molecule has 27 heavy (non-hydrogen) atoms. The van der Waals surface area contributed by atoms with Crippen LogP contribution < -0.4 is 9.47 Å². The molecule has 0 saturated carbocycles. The minimum absolute atomic E-state index is 0.103. The molecule has 1 atom stereocenters. The summed E-state index contributed by atoms with van der Waals surface area (Å²) in [7, 11) is -0.783. The number of nitrogens with zero attached hydrogens (tertiary/aromatic N) is 1. The van der Waals surface area contributed by atoms with E-state index in [2.05, 4.69) is 19.1 Å². The van der Waals surface area contributed by atoms with Gasteiger partial charge in [0, 0.05) is 19.2 Å². The summed E-state index contributed by atoms with van der Waals surface area (Å²) in [5, 5.41) is 0. The lowest BCUT2D eigenvalue weighted by molar-refractivity contribution is -0.00260. The van der Waals surface area contributed by atoms with Crippen molar-refractivity contribution in [2.24, 2.45) is 0 Å². The van der Waals surface area contributed by atoms with Crippen LogP contribution in [0.5, 0.6) is 11.5 Å². The van der Waals surface area contributed by atoms with E-state index in [4.69, 9.17) is 14.2 Å². The van der Waals surface area contributed by atoms with Gasteiger partial charge in [-0.2, -0.15) is 4.31 Å². The van der Waals surface area contributed by atoms with E-state index in [1.165, 1.54) is 30.2 Å². The number of sulfonamides is 1. The van der Waals surface area contributed by atoms with Crippen molar-refractivity contribution in [3.05, 3.63) is 53.6 Å². The molecule has 0 aromatic heterocycles. The van der Waals surface area contributed by atoms with Crippen LogP contribution in [0, 0.1) is 0 Å². The van der Waals surface area contributed by atoms with Crippen LogP contribution in [0.3, 0.4) is 0 Å². The Morgan fingerprint density at radius 2 is 1.85 bits per heavy atom. The van der Waals surface area contributed by atoms with Gasteiger partial charge >= 0.3 is 0 Å². The highest BCUT2D eigenvalue weighted by atomic mass is 32.2. The van der Waals surface area contributed by atoms with Crippen LogP contribution in [-0.4, -0.2) is 46.6 Å². The van der Waals surface area contributed by atoms with Crippen molar-refractivity contribution < 1.29 is 22.6 Å². The Hall–Kier alpha value is -2.09. The van der Waals surface area contributed by atoms with Crippen molar-refractivity contribution in [2.45, 2.75) is 24.3 Å². The topological polar surface area (TPSA) is 65.1 Å². The van der Waals surface area contributed by atoms with E-state index >= 15 is 0 Å². The molecule has 0 N–H and O–H groups in total. The molecule has 0 amide bonds. The van der Waals surface area contributed by atoms with Crippen LogP contribution in [0.4, 0.5) is 0 Å². The third kappa shape index (κ3) is 4.10. The number of rotatable bonds is 6. The minimum atomic E-state index is -3.74. The molecular weight excluding hydrogens is 366 g/mol. The Labute approximate surface area is 160 Å². The molecule has 2 aromatic rings. The number of ether oxygens (including phenoxy) is 3. The first-order valence-electron chi connectivity index (χ1n) is 8.92. The van der Waals surface area contributed by atoms with E-state index in [1.807, 2.05) is 12.1 Å². The molecule has 1 aliphatic heterocycles. The van der Waals surface area contributed by atoms with Gasteiger partial charge in [0.2, 0.25) is 10.0 Å². The Morgan fingerprint density at radius 1 is 1.11 bits per heavy atom. The molecule has 1 unspecified atom stereocenters. The van der Waals surface area contributed by atoms with Gasteiger partial charge in [-0.1, -0.05) is 31.2 Å². The minimum Gasteiger partial charge on any atom is -0.497 e. The highest BCUT2D eigenvalue weighted by Crippen LogP contribution is 2.33. The van der Waals surface area contributed by atoms with E-state index in [9.17, 15) is 8.42 Å². The lowest BCUT2D eigenvalue weighted by atomic mass is 10.1. The molecule has 6 nitrogen and oxygen atoms in total. The highest BCUT2D eigenvalue weighted by Gasteiger charge is 2.33. The SMILES string of the molecule is CCc1ccc(C2CN(S(=O)(=O)c3cc(OC)ccc3OC)CCO2)cc1. The second-order valence-electron chi connectivity index (χ2n) is 6.33. The zero-order chi connectivity index (χ0) is 19.4. The van der Waals surface area contributed by atoms with Crippen molar-refractivity contribution in [1.82, 2.24) is 4.31 Å². The van der Waals surface area contributed by atoms with Crippen LogP contribution in [-0.2, 0) is 21.2 Å². The first-order chi connectivity index (χ1) is 13.0. The van der Waals surface area contributed by atoms with E-state index in [-0.39, 0.29) is 17.5 Å². The fraction of sp³-hybridized carbons (Fsp3) is 0.400. The van der Waals surface area contributed by atoms with Gasteiger partial charge < -0.3 is 14.2 Å². The van der Waals surface area contributed by atoms with Gasteiger partial charge in [-0.3, -0.25) is 0 Å². The van der Waals surface area contributed by atoms with Crippen LogP contribution in [0.2, 0.25) is 0 Å². The van der Waals surface area contributed by atoms with Gasteiger partial charge in [0.1, 0.15) is 16.4 Å². The number of aryl methyl sites for hydroxylation is 1. The molecule has 0 aliphatic carbocycles. The zero-order valence-electron chi connectivity index (χ0n) is 15.8. The van der Waals surface area contributed by atoms with Crippen LogP contribution >= 0.6 is 0 Å². The third-order valence-corrected chi connectivity index (χ3v) is 6.66. The smallest absolute Gasteiger partial charge is 0.247 e. The van der Waals surface area contributed by atoms with Crippen molar-refractivity contribution in [3.8, 4) is 11.5 Å². The molecule has 2 aromatic carbocycles. The molecule has 1 aliphatic rings. The summed E-state index contributed by atoms with van der Waals surface area (Å²) in [6.07, 6.45) is 0.665. The molecule has 1 saturated heterocycles. The number of hydrogen-bond acceptors (Lipinski definition) is 5. The first-order valence-corrected chi connectivity index (χ1v) is 10.4. The highest BCUT2D eigenvalue weighted by molar-refractivity contribution is 7.89. The second kappa shape index (κ2) is 8.29. The molecule has 146 valence electrons. The van der Waals surface area contributed by atoms with E-state index in [1.54, 1.807) is 12.1 Å². The lowest BCUT2D eigenvalue weighted by Gasteiger charge is -2.32. The number of methoxy groups -OCH3 is 2. The quantitative estimate of drug-likeness (QED) is 0.757. The monoisotopic (exact) mass is 391 g/mol. The molecule has 0 bridgehead atoms. The van der Waals surface area contributed by atoms with Crippen LogP contribution in [0.1, 0.15) is 24.2 Å². The van der Waals surface area contributed by atoms with Gasteiger partial charge in [0.05, 0.1) is 26.9 Å². The maximum Gasteiger partial charge on any atom is 0.247 e. The summed E-state index contributed by atoms with van der Waals surface area (Å²) < 4.78 is 44.2. The average molecular weight is 391 g/mol. The molecule has 0 spiro atoms. The van der Waals surface area contributed by atoms with Gasteiger partial charge in [-0.25, -0.2) is 8.42 Å². The summed E-state index contributed by atoms with van der Waals surface area (Å²) in [6.45, 7) is 2.99. The van der Waals surface area contributed by atoms with Crippen molar-refractivity contribution in [3.63, 3.8) is 0 Å². The molecule has 0 radical (unpaired) electrons. The summed E-state index contributed by atoms with van der Waals surface area (Å²) in [6, 6.07) is 12.9. The normalized spacial score (nSPS) is 18.3. The van der Waals surface area contributed by atoms with Gasteiger partial charge in [0.25, 0.3) is 0 Å². The van der Waals surface area contributed by atoms with Gasteiger partial charge in [-0.05, 0) is 29.7 Å². The molecular formula is C20H25NO5S. The number of benzene rings is 2. The summed E-state index contributed by atoms with van der Waals surface area (Å²) >= 11 is 0. The molecule has 3 rings (SSSR count). The second-order valence-corrected chi connectivity index (χ2v) is 8.24.